The third kappa shape index (κ3) is 5.83. The molecule has 0 aromatic carbocycles. The van der Waals surface area contributed by atoms with Crippen molar-refractivity contribution in [2.45, 2.75) is 39.2 Å². The zero-order chi connectivity index (χ0) is 19.8. The monoisotopic (exact) mass is 382 g/mol. The van der Waals surface area contributed by atoms with Crippen LogP contribution >= 0.6 is 0 Å². The number of hydrogen-bond donors (Lipinski definition) is 0. The molecule has 4 amide bonds. The molecule has 0 spiro atoms. The number of hydrogen-bond acceptors (Lipinski definition) is 5. The molecule has 2 rings (SSSR count). The largest absolute Gasteiger partial charge is 0.450 e. The molecule has 0 N–H and O–H groups in total. The fraction of sp³-hybridized carbons (Fsp3) is 0.778. The fourth-order valence-corrected chi connectivity index (χ4v) is 3.62. The molecule has 0 aliphatic carbocycles. The predicted octanol–water partition coefficient (Wildman–Crippen LogP) is 0.147. The molecule has 0 saturated carbocycles. The van der Waals surface area contributed by atoms with E-state index >= 15 is 0 Å². The first kappa shape index (κ1) is 21.0. The van der Waals surface area contributed by atoms with Crippen LogP contribution in [0.15, 0.2) is 0 Å². The molecule has 27 heavy (non-hydrogen) atoms. The van der Waals surface area contributed by atoms with Gasteiger partial charge in [-0.3, -0.25) is 14.4 Å². The number of carbonyl (C=O) groups excluding carboxylic acids is 4. The van der Waals surface area contributed by atoms with E-state index in [1.54, 1.807) is 26.5 Å². The Morgan fingerprint density at radius 3 is 2.19 bits per heavy atom. The highest BCUT2D eigenvalue weighted by atomic mass is 16.6. The number of carbonyl (C=O) groups is 4. The molecule has 2 aliphatic heterocycles. The van der Waals surface area contributed by atoms with E-state index in [1.165, 1.54) is 6.92 Å². The number of amides is 4. The second-order valence-corrected chi connectivity index (χ2v) is 6.90. The number of ether oxygens (including phenoxy) is 1. The molecule has 0 bridgehead atoms. The van der Waals surface area contributed by atoms with Crippen molar-refractivity contribution in [1.82, 2.24) is 19.6 Å². The zero-order valence-corrected chi connectivity index (χ0v) is 16.3. The van der Waals surface area contributed by atoms with E-state index in [1.807, 2.05) is 0 Å². The molecule has 0 radical (unpaired) electrons. The number of rotatable bonds is 6. The van der Waals surface area contributed by atoms with Gasteiger partial charge in [0.15, 0.2) is 0 Å². The van der Waals surface area contributed by atoms with Crippen molar-refractivity contribution < 1.29 is 23.9 Å². The molecule has 9 heteroatoms. The van der Waals surface area contributed by atoms with Crippen LogP contribution in [-0.4, -0.2) is 102 Å². The lowest BCUT2D eigenvalue weighted by molar-refractivity contribution is -0.137. The maximum Gasteiger partial charge on any atom is 0.409 e. The normalized spacial score (nSPS) is 18.2. The number of nitrogens with zero attached hydrogens (tertiary/aromatic N) is 4. The van der Waals surface area contributed by atoms with Crippen LogP contribution in [0.1, 0.15) is 33.1 Å². The van der Waals surface area contributed by atoms with Crippen LogP contribution < -0.4 is 0 Å². The minimum absolute atomic E-state index is 0.00996. The lowest BCUT2D eigenvalue weighted by atomic mass is 10.0. The van der Waals surface area contributed by atoms with Gasteiger partial charge in [0.1, 0.15) is 0 Å². The van der Waals surface area contributed by atoms with Crippen molar-refractivity contribution in [3.63, 3.8) is 0 Å². The maximum atomic E-state index is 12.4. The van der Waals surface area contributed by atoms with E-state index in [9.17, 15) is 19.2 Å². The van der Waals surface area contributed by atoms with Crippen molar-refractivity contribution in [2.24, 2.45) is 0 Å². The third-order valence-corrected chi connectivity index (χ3v) is 5.22. The van der Waals surface area contributed by atoms with Gasteiger partial charge in [-0.15, -0.1) is 0 Å². The SMILES string of the molecule is CCOC(=O)N1CCC(N(CCC(=O)N2CCN(C=O)CC2)C(C)=O)CC1. The van der Waals surface area contributed by atoms with E-state index in [0.29, 0.717) is 65.3 Å². The summed E-state index contributed by atoms with van der Waals surface area (Å²) in [6.45, 7) is 7.31. The van der Waals surface area contributed by atoms with E-state index in [0.717, 1.165) is 6.41 Å². The van der Waals surface area contributed by atoms with Gasteiger partial charge < -0.3 is 24.3 Å². The molecule has 9 nitrogen and oxygen atoms in total. The summed E-state index contributed by atoms with van der Waals surface area (Å²) in [7, 11) is 0. The summed E-state index contributed by atoms with van der Waals surface area (Å²) in [5.41, 5.74) is 0. The minimum atomic E-state index is -0.310. The highest BCUT2D eigenvalue weighted by molar-refractivity contribution is 5.78. The first-order chi connectivity index (χ1) is 13.0. The fourth-order valence-electron chi connectivity index (χ4n) is 3.62. The molecule has 0 aromatic heterocycles. The topological polar surface area (TPSA) is 90.5 Å². The molecule has 0 aromatic rings. The number of piperidine rings is 1. The van der Waals surface area contributed by atoms with E-state index in [2.05, 4.69) is 0 Å². The Kier molecular flexibility index (Phi) is 7.87. The average molecular weight is 382 g/mol. The van der Waals surface area contributed by atoms with Gasteiger partial charge >= 0.3 is 6.09 Å². The molecule has 152 valence electrons. The van der Waals surface area contributed by atoms with Gasteiger partial charge in [-0.2, -0.15) is 0 Å². The van der Waals surface area contributed by atoms with Crippen molar-refractivity contribution >= 4 is 24.3 Å². The van der Waals surface area contributed by atoms with Gasteiger partial charge in [0.2, 0.25) is 18.2 Å². The van der Waals surface area contributed by atoms with E-state index < -0.39 is 0 Å². The van der Waals surface area contributed by atoms with Crippen molar-refractivity contribution in [3.05, 3.63) is 0 Å². The van der Waals surface area contributed by atoms with Crippen LogP contribution in [0.25, 0.3) is 0 Å². The molecular formula is C18H30N4O5. The summed E-state index contributed by atoms with van der Waals surface area (Å²) >= 11 is 0. The maximum absolute atomic E-state index is 12.4. The van der Waals surface area contributed by atoms with Gasteiger partial charge in [0.05, 0.1) is 6.61 Å². The number of piperazine rings is 1. The van der Waals surface area contributed by atoms with Crippen LogP contribution in [0.4, 0.5) is 4.79 Å². The second-order valence-electron chi connectivity index (χ2n) is 6.90. The van der Waals surface area contributed by atoms with Gasteiger partial charge in [-0.05, 0) is 19.8 Å². The van der Waals surface area contributed by atoms with Crippen molar-refractivity contribution in [1.29, 1.82) is 0 Å². The van der Waals surface area contributed by atoms with E-state index in [-0.39, 0.29) is 30.4 Å². The van der Waals surface area contributed by atoms with Crippen LogP contribution in [-0.2, 0) is 19.1 Å². The Bertz CT molecular complexity index is 540. The lowest BCUT2D eigenvalue weighted by Crippen LogP contribution is -2.51. The van der Waals surface area contributed by atoms with Gasteiger partial charge in [-0.1, -0.05) is 0 Å². The quantitative estimate of drug-likeness (QED) is 0.610. The first-order valence-electron chi connectivity index (χ1n) is 9.62. The van der Waals surface area contributed by atoms with Crippen molar-refractivity contribution in [3.8, 4) is 0 Å². The Hall–Kier alpha value is -2.32. The summed E-state index contributed by atoms with van der Waals surface area (Å²) in [5.74, 6) is -0.0427. The Labute approximate surface area is 160 Å². The standard InChI is InChI=1S/C18H30N4O5/c1-3-27-18(26)21-7-4-16(5-8-21)22(15(2)24)9-6-17(25)20-12-10-19(14-23)11-13-20/h14,16H,3-13H2,1-2H3. The number of likely N-dealkylation sites (tertiary alicyclic amines) is 1. The molecule has 2 saturated heterocycles. The molecule has 0 unspecified atom stereocenters. The predicted molar refractivity (Wildman–Crippen MR) is 97.8 cm³/mol. The molecule has 0 atom stereocenters. The van der Waals surface area contributed by atoms with Gasteiger partial charge in [-0.25, -0.2) is 4.79 Å². The first-order valence-corrected chi connectivity index (χ1v) is 9.62. The Balaban J connectivity index is 1.80. The zero-order valence-electron chi connectivity index (χ0n) is 16.3. The smallest absolute Gasteiger partial charge is 0.409 e. The van der Waals surface area contributed by atoms with Gasteiger partial charge in [0.25, 0.3) is 0 Å². The molecular weight excluding hydrogens is 352 g/mol. The summed E-state index contributed by atoms with van der Waals surface area (Å²) in [4.78, 5) is 53.9. The van der Waals surface area contributed by atoms with E-state index in [4.69, 9.17) is 4.74 Å². The minimum Gasteiger partial charge on any atom is -0.450 e. The summed E-state index contributed by atoms with van der Waals surface area (Å²) in [6.07, 6.45) is 2.14. The average Bonchev–Trinajstić information content (AvgIpc) is 2.68. The summed E-state index contributed by atoms with van der Waals surface area (Å²) in [6, 6.07) is 0.0351. The van der Waals surface area contributed by atoms with Gasteiger partial charge in [0, 0.05) is 65.2 Å². The Morgan fingerprint density at radius 2 is 1.67 bits per heavy atom. The van der Waals surface area contributed by atoms with Crippen molar-refractivity contribution in [2.75, 3.05) is 52.4 Å². The highest BCUT2D eigenvalue weighted by Crippen LogP contribution is 2.18. The molecule has 2 fully saturated rings. The Morgan fingerprint density at radius 1 is 1.04 bits per heavy atom. The highest BCUT2D eigenvalue weighted by Gasteiger charge is 2.29. The van der Waals surface area contributed by atoms with Crippen LogP contribution in [0.2, 0.25) is 0 Å². The third-order valence-electron chi connectivity index (χ3n) is 5.22. The van der Waals surface area contributed by atoms with Crippen LogP contribution in [0.5, 0.6) is 0 Å². The summed E-state index contributed by atoms with van der Waals surface area (Å²) in [5, 5.41) is 0. The lowest BCUT2D eigenvalue weighted by Gasteiger charge is -2.38. The molecule has 2 aliphatic rings. The van der Waals surface area contributed by atoms with Crippen LogP contribution in [0.3, 0.4) is 0 Å². The molecule has 2 heterocycles. The second kappa shape index (κ2) is 10.1. The van der Waals surface area contributed by atoms with Crippen LogP contribution in [0, 0.1) is 0 Å². The summed E-state index contributed by atoms with van der Waals surface area (Å²) < 4.78 is 5.02.